The number of rotatable bonds is 72. The minimum Gasteiger partial charge on any atom is -0.466 e. The van der Waals surface area contributed by atoms with E-state index < -0.39 is 12.1 Å². The molecule has 0 aromatic carbocycles. The van der Waals surface area contributed by atoms with Crippen molar-refractivity contribution < 1.29 is 24.5 Å². The van der Waals surface area contributed by atoms with Gasteiger partial charge in [-0.1, -0.05) is 386 Å². The van der Waals surface area contributed by atoms with E-state index in [1.54, 1.807) is 0 Å². The summed E-state index contributed by atoms with van der Waals surface area (Å²) in [7, 11) is 0. The van der Waals surface area contributed by atoms with Gasteiger partial charge < -0.3 is 20.3 Å². The van der Waals surface area contributed by atoms with E-state index in [0.717, 1.165) is 38.5 Å². The molecule has 0 aliphatic rings. The molecule has 2 atom stereocenters. The fraction of sp³-hybridized carbons (Fsp3) is 0.947. The molecule has 82 heavy (non-hydrogen) atoms. The largest absolute Gasteiger partial charge is 0.466 e. The molecule has 6 heteroatoms. The normalized spacial score (nSPS) is 12.5. The second kappa shape index (κ2) is 72.1. The van der Waals surface area contributed by atoms with E-state index in [4.69, 9.17) is 4.74 Å². The van der Waals surface area contributed by atoms with Gasteiger partial charge in [-0.15, -0.1) is 0 Å². The van der Waals surface area contributed by atoms with Crippen LogP contribution in [0.4, 0.5) is 0 Å². The number of carbonyl (C=O) groups excluding carboxylic acids is 2. The summed E-state index contributed by atoms with van der Waals surface area (Å²) in [5.74, 6) is -0.0113. The third-order valence-electron chi connectivity index (χ3n) is 18.1. The van der Waals surface area contributed by atoms with Crippen LogP contribution in [0.25, 0.3) is 0 Å². The molecular formula is C76H149NO5. The van der Waals surface area contributed by atoms with Crippen molar-refractivity contribution in [2.75, 3.05) is 13.2 Å². The fourth-order valence-electron chi connectivity index (χ4n) is 12.3. The Hall–Kier alpha value is -1.40. The van der Waals surface area contributed by atoms with Crippen LogP contribution in [-0.4, -0.2) is 47.4 Å². The van der Waals surface area contributed by atoms with Gasteiger partial charge in [0.2, 0.25) is 5.91 Å². The first-order valence-electron chi connectivity index (χ1n) is 37.9. The zero-order valence-corrected chi connectivity index (χ0v) is 56.0. The molecule has 0 fully saturated rings. The maximum atomic E-state index is 12.6. The molecule has 488 valence electrons. The van der Waals surface area contributed by atoms with Crippen LogP contribution < -0.4 is 5.32 Å². The Balaban J connectivity index is 3.37. The van der Waals surface area contributed by atoms with Crippen molar-refractivity contribution in [3.05, 3.63) is 12.2 Å². The van der Waals surface area contributed by atoms with Crippen molar-refractivity contribution in [1.29, 1.82) is 0 Å². The number of carbonyl (C=O) groups is 2. The van der Waals surface area contributed by atoms with Crippen LogP contribution >= 0.6 is 0 Å². The number of ether oxygens (including phenoxy) is 1. The first kappa shape index (κ1) is 80.6. The van der Waals surface area contributed by atoms with Gasteiger partial charge in [-0.3, -0.25) is 9.59 Å². The Labute approximate surface area is 514 Å². The minimum atomic E-state index is -0.666. The molecule has 0 saturated heterocycles. The molecular weight excluding hydrogens is 1010 g/mol. The Kier molecular flexibility index (Phi) is 70.8. The van der Waals surface area contributed by atoms with Gasteiger partial charge in [0, 0.05) is 12.8 Å². The van der Waals surface area contributed by atoms with Crippen molar-refractivity contribution in [3.8, 4) is 0 Å². The molecule has 0 rings (SSSR count). The number of nitrogens with one attached hydrogen (secondary N) is 1. The standard InChI is InChI=1S/C76H149NO5/c1-3-5-7-9-11-13-15-17-19-20-21-22-23-29-32-35-38-41-44-48-52-56-60-64-68-74(79)73(72-78)77-75(80)69-65-61-57-53-49-45-42-39-36-33-30-27-25-24-26-28-31-34-37-40-43-47-51-55-59-63-67-71-82-76(81)70-66-62-58-54-50-46-18-16-14-12-10-8-6-4-2/h24-25,73-74,78-79H,3-23,26-72H2,1-2H3,(H,77,80)/b25-24-. The highest BCUT2D eigenvalue weighted by Crippen LogP contribution is 2.20. The van der Waals surface area contributed by atoms with Crippen LogP contribution in [0.5, 0.6) is 0 Å². The molecule has 3 N–H and O–H groups in total. The first-order valence-corrected chi connectivity index (χ1v) is 37.9. The van der Waals surface area contributed by atoms with Gasteiger partial charge >= 0.3 is 5.97 Å². The Morgan fingerprint density at radius 3 is 0.866 bits per heavy atom. The van der Waals surface area contributed by atoms with Crippen molar-refractivity contribution in [1.82, 2.24) is 5.32 Å². The number of hydrogen-bond donors (Lipinski definition) is 3. The predicted molar refractivity (Wildman–Crippen MR) is 361 cm³/mol. The SMILES string of the molecule is CCCCCCCCCCCCCCCCCCCCCCCCCCC(O)C(CO)NC(=O)CCCCCCCCCCCCC/C=C\CCCCCCCCCCCCCCOC(=O)CCCCCCCCCCCCCCCC. The summed E-state index contributed by atoms with van der Waals surface area (Å²) < 4.78 is 5.50. The molecule has 0 radical (unpaired) electrons. The predicted octanol–water partition coefficient (Wildman–Crippen LogP) is 24.7. The number of aliphatic hydroxyl groups excluding tert-OH is 2. The molecule has 0 aromatic rings. The van der Waals surface area contributed by atoms with E-state index >= 15 is 0 Å². The molecule has 0 saturated carbocycles. The summed E-state index contributed by atoms with van der Waals surface area (Å²) in [5.41, 5.74) is 0. The third-order valence-corrected chi connectivity index (χ3v) is 18.1. The van der Waals surface area contributed by atoms with Gasteiger partial charge in [-0.2, -0.15) is 0 Å². The fourth-order valence-corrected chi connectivity index (χ4v) is 12.3. The minimum absolute atomic E-state index is 0.0187. The van der Waals surface area contributed by atoms with E-state index in [2.05, 4.69) is 31.3 Å². The summed E-state index contributed by atoms with van der Waals surface area (Å²) in [6.45, 7) is 5.01. The topological polar surface area (TPSA) is 95.9 Å². The Morgan fingerprint density at radius 2 is 0.573 bits per heavy atom. The summed E-state index contributed by atoms with van der Waals surface area (Å²) in [5, 5.41) is 23.5. The van der Waals surface area contributed by atoms with Gasteiger partial charge in [0.05, 0.1) is 25.4 Å². The summed E-state index contributed by atoms with van der Waals surface area (Å²) in [6, 6.07) is -0.543. The lowest BCUT2D eigenvalue weighted by Gasteiger charge is -2.22. The molecule has 0 spiro atoms. The van der Waals surface area contributed by atoms with E-state index in [0.29, 0.717) is 25.9 Å². The molecule has 0 heterocycles. The number of allylic oxidation sites excluding steroid dienone is 2. The maximum absolute atomic E-state index is 12.6. The molecule has 0 bridgehead atoms. The van der Waals surface area contributed by atoms with Crippen molar-refractivity contribution >= 4 is 11.9 Å². The van der Waals surface area contributed by atoms with Crippen molar-refractivity contribution in [2.45, 2.75) is 450 Å². The van der Waals surface area contributed by atoms with E-state index in [-0.39, 0.29) is 18.5 Å². The summed E-state index contributed by atoms with van der Waals surface area (Å²) in [6.07, 6.45) is 90.0. The number of amides is 1. The van der Waals surface area contributed by atoms with Crippen molar-refractivity contribution in [2.24, 2.45) is 0 Å². The van der Waals surface area contributed by atoms with E-state index in [9.17, 15) is 19.8 Å². The highest BCUT2D eigenvalue weighted by atomic mass is 16.5. The molecule has 0 aliphatic carbocycles. The van der Waals surface area contributed by atoms with Crippen LogP contribution in [0.1, 0.15) is 438 Å². The summed E-state index contributed by atoms with van der Waals surface area (Å²) in [4.78, 5) is 24.6. The Bertz CT molecular complexity index is 1240. The zero-order chi connectivity index (χ0) is 59.2. The van der Waals surface area contributed by atoms with Crippen LogP contribution in [0.2, 0.25) is 0 Å². The van der Waals surface area contributed by atoms with E-state index in [1.807, 2.05) is 0 Å². The van der Waals surface area contributed by atoms with Crippen LogP contribution in [0.15, 0.2) is 12.2 Å². The third kappa shape index (κ3) is 67.7. The summed E-state index contributed by atoms with van der Waals surface area (Å²) >= 11 is 0. The number of hydrogen-bond acceptors (Lipinski definition) is 5. The molecule has 6 nitrogen and oxygen atoms in total. The smallest absolute Gasteiger partial charge is 0.305 e. The monoisotopic (exact) mass is 1160 g/mol. The molecule has 2 unspecified atom stereocenters. The first-order chi connectivity index (χ1) is 40.5. The quantitative estimate of drug-likeness (QED) is 0.0320. The number of esters is 1. The van der Waals surface area contributed by atoms with Gasteiger partial charge in [-0.25, -0.2) is 0 Å². The second-order valence-corrected chi connectivity index (χ2v) is 26.3. The lowest BCUT2D eigenvalue weighted by Crippen LogP contribution is -2.45. The van der Waals surface area contributed by atoms with Crippen LogP contribution in [0.3, 0.4) is 0 Å². The maximum Gasteiger partial charge on any atom is 0.305 e. The van der Waals surface area contributed by atoms with Gasteiger partial charge in [0.1, 0.15) is 0 Å². The molecule has 0 aromatic heterocycles. The highest BCUT2D eigenvalue weighted by Gasteiger charge is 2.20. The zero-order valence-electron chi connectivity index (χ0n) is 56.0. The lowest BCUT2D eigenvalue weighted by atomic mass is 10.0. The van der Waals surface area contributed by atoms with Gasteiger partial charge in [-0.05, 0) is 51.4 Å². The highest BCUT2D eigenvalue weighted by molar-refractivity contribution is 5.76. The molecule has 1 amide bonds. The van der Waals surface area contributed by atoms with Crippen molar-refractivity contribution in [3.63, 3.8) is 0 Å². The number of aliphatic hydroxyl groups is 2. The van der Waals surface area contributed by atoms with Crippen LogP contribution in [-0.2, 0) is 14.3 Å². The Morgan fingerprint density at radius 1 is 0.329 bits per heavy atom. The van der Waals surface area contributed by atoms with Gasteiger partial charge in [0.25, 0.3) is 0 Å². The van der Waals surface area contributed by atoms with Crippen LogP contribution in [0, 0.1) is 0 Å². The average Bonchev–Trinajstić information content (AvgIpc) is 3.48. The number of unbranched alkanes of at least 4 members (excludes halogenated alkanes) is 59. The second-order valence-electron chi connectivity index (χ2n) is 26.3. The molecule has 0 aliphatic heterocycles. The lowest BCUT2D eigenvalue weighted by molar-refractivity contribution is -0.143. The van der Waals surface area contributed by atoms with E-state index in [1.165, 1.54) is 366 Å². The average molecular weight is 1160 g/mol. The van der Waals surface area contributed by atoms with Gasteiger partial charge in [0.15, 0.2) is 0 Å².